The highest BCUT2D eigenvalue weighted by atomic mass is 16.5. The van der Waals surface area contributed by atoms with Gasteiger partial charge in [-0.25, -0.2) is 0 Å². The molecule has 2 saturated heterocycles. The van der Waals surface area contributed by atoms with Crippen molar-refractivity contribution in [3.63, 3.8) is 0 Å². The first-order valence-electron chi connectivity index (χ1n) is 10.6. The van der Waals surface area contributed by atoms with Gasteiger partial charge in [-0.3, -0.25) is 19.5 Å². The molecular weight excluding hydrogens is 380 g/mol. The fourth-order valence-corrected chi connectivity index (χ4v) is 4.98. The van der Waals surface area contributed by atoms with Crippen molar-refractivity contribution in [3.8, 4) is 0 Å². The van der Waals surface area contributed by atoms with Crippen LogP contribution >= 0.6 is 0 Å². The Morgan fingerprint density at radius 1 is 1.23 bits per heavy atom. The van der Waals surface area contributed by atoms with Crippen LogP contribution in [0.1, 0.15) is 29.0 Å². The summed E-state index contributed by atoms with van der Waals surface area (Å²) in [5.41, 5.74) is 2.59. The van der Waals surface area contributed by atoms with E-state index in [1.54, 1.807) is 10.9 Å². The Labute approximate surface area is 175 Å². The largest absolute Gasteiger partial charge is 0.379 e. The minimum Gasteiger partial charge on any atom is -0.379 e. The Morgan fingerprint density at radius 2 is 2.13 bits per heavy atom. The summed E-state index contributed by atoms with van der Waals surface area (Å²) in [5, 5.41) is 12.6. The van der Waals surface area contributed by atoms with E-state index >= 15 is 0 Å². The van der Waals surface area contributed by atoms with E-state index in [0.717, 1.165) is 55.6 Å². The number of likely N-dealkylation sites (tertiary alicyclic amines) is 1. The van der Waals surface area contributed by atoms with Gasteiger partial charge in [-0.15, -0.1) is 0 Å². The number of hydrogen-bond donors (Lipinski definition) is 1. The van der Waals surface area contributed by atoms with E-state index < -0.39 is 0 Å². The van der Waals surface area contributed by atoms with Crippen LogP contribution in [0.3, 0.4) is 0 Å². The van der Waals surface area contributed by atoms with Crippen LogP contribution in [0.5, 0.6) is 0 Å². The number of benzene rings is 1. The van der Waals surface area contributed by atoms with Gasteiger partial charge in [-0.05, 0) is 25.0 Å². The lowest BCUT2D eigenvalue weighted by molar-refractivity contribution is 0.00671. The number of H-pyrrole nitrogens is 1. The molecule has 3 aromatic rings. The highest BCUT2D eigenvalue weighted by Gasteiger charge is 2.41. The minimum atomic E-state index is -0.0466. The highest BCUT2D eigenvalue weighted by molar-refractivity contribution is 6.04. The Morgan fingerprint density at radius 3 is 3.00 bits per heavy atom. The number of amides is 1. The fourth-order valence-electron chi connectivity index (χ4n) is 4.98. The number of ether oxygens (including phenoxy) is 1. The summed E-state index contributed by atoms with van der Waals surface area (Å²) < 4.78 is 7.81. The molecule has 0 saturated carbocycles. The van der Waals surface area contributed by atoms with Crippen molar-refractivity contribution in [2.75, 3.05) is 39.4 Å². The topological polar surface area (TPSA) is 79.3 Å². The van der Waals surface area contributed by atoms with E-state index in [1.165, 1.54) is 0 Å². The SMILES string of the molecule is Cn1nc(C(=O)N2CCC[C@]3(COCCN(Cc4ccn[nH]4)C3)C2)c2ccccc21. The van der Waals surface area contributed by atoms with Crippen LogP contribution in [-0.4, -0.2) is 75.1 Å². The number of para-hydroxylation sites is 1. The smallest absolute Gasteiger partial charge is 0.275 e. The molecule has 30 heavy (non-hydrogen) atoms. The first kappa shape index (κ1) is 19.3. The van der Waals surface area contributed by atoms with Gasteiger partial charge in [0.1, 0.15) is 0 Å². The first-order chi connectivity index (χ1) is 14.6. The van der Waals surface area contributed by atoms with Crippen molar-refractivity contribution < 1.29 is 9.53 Å². The summed E-state index contributed by atoms with van der Waals surface area (Å²) in [5.74, 6) is 0.0234. The van der Waals surface area contributed by atoms with Crippen LogP contribution in [-0.2, 0) is 18.3 Å². The molecule has 8 heteroatoms. The van der Waals surface area contributed by atoms with E-state index in [9.17, 15) is 4.79 Å². The predicted molar refractivity (Wildman–Crippen MR) is 113 cm³/mol. The zero-order valence-electron chi connectivity index (χ0n) is 17.4. The summed E-state index contributed by atoms with van der Waals surface area (Å²) in [6.45, 7) is 5.51. The predicted octanol–water partition coefficient (Wildman–Crippen LogP) is 2.05. The zero-order valence-corrected chi connectivity index (χ0v) is 17.4. The second-order valence-corrected chi connectivity index (χ2v) is 8.66. The second kappa shape index (κ2) is 7.85. The number of nitrogens with zero attached hydrogens (tertiary/aromatic N) is 5. The van der Waals surface area contributed by atoms with Crippen LogP contribution in [0.4, 0.5) is 0 Å². The van der Waals surface area contributed by atoms with Gasteiger partial charge in [0, 0.05) is 62.5 Å². The second-order valence-electron chi connectivity index (χ2n) is 8.66. The maximum atomic E-state index is 13.5. The normalized spacial score (nSPS) is 23.2. The van der Waals surface area contributed by atoms with Crippen LogP contribution < -0.4 is 0 Å². The number of nitrogens with one attached hydrogen (secondary N) is 1. The third kappa shape index (κ3) is 3.61. The van der Waals surface area contributed by atoms with Crippen LogP contribution in [0, 0.1) is 5.41 Å². The van der Waals surface area contributed by atoms with E-state index in [-0.39, 0.29) is 11.3 Å². The fraction of sp³-hybridized carbons (Fsp3) is 0.500. The summed E-state index contributed by atoms with van der Waals surface area (Å²) in [7, 11) is 1.89. The van der Waals surface area contributed by atoms with Crippen molar-refractivity contribution in [2.45, 2.75) is 19.4 Å². The molecule has 5 rings (SSSR count). The van der Waals surface area contributed by atoms with Gasteiger partial charge < -0.3 is 9.64 Å². The lowest BCUT2D eigenvalue weighted by Crippen LogP contribution is -2.52. The number of rotatable bonds is 3. The minimum absolute atomic E-state index is 0.0234. The molecule has 2 fully saturated rings. The van der Waals surface area contributed by atoms with Crippen LogP contribution in [0.25, 0.3) is 10.9 Å². The Hall–Kier alpha value is -2.71. The molecule has 1 atom stereocenters. The molecule has 0 unspecified atom stereocenters. The van der Waals surface area contributed by atoms with Crippen molar-refractivity contribution >= 4 is 16.8 Å². The third-order valence-electron chi connectivity index (χ3n) is 6.38. The van der Waals surface area contributed by atoms with Crippen molar-refractivity contribution in [2.24, 2.45) is 12.5 Å². The highest BCUT2D eigenvalue weighted by Crippen LogP contribution is 2.34. The van der Waals surface area contributed by atoms with Crippen LogP contribution in [0.2, 0.25) is 0 Å². The molecule has 4 heterocycles. The number of aryl methyl sites for hydroxylation is 1. The Balaban J connectivity index is 1.37. The monoisotopic (exact) mass is 408 g/mol. The molecule has 0 aliphatic carbocycles. The van der Waals surface area contributed by atoms with E-state index in [0.29, 0.717) is 25.5 Å². The molecule has 2 aliphatic rings. The number of carbonyl (C=O) groups is 1. The number of aromatic nitrogens is 4. The molecule has 8 nitrogen and oxygen atoms in total. The van der Waals surface area contributed by atoms with Gasteiger partial charge >= 0.3 is 0 Å². The first-order valence-corrected chi connectivity index (χ1v) is 10.6. The van der Waals surface area contributed by atoms with Crippen molar-refractivity contribution in [3.05, 3.63) is 47.9 Å². The molecular formula is C22H28N6O2. The number of hydrogen-bond acceptors (Lipinski definition) is 5. The molecule has 0 radical (unpaired) electrons. The Kier molecular flexibility index (Phi) is 5.04. The molecule has 2 aliphatic heterocycles. The average molecular weight is 409 g/mol. The molecule has 2 aromatic heterocycles. The summed E-state index contributed by atoms with van der Waals surface area (Å²) in [6.07, 6.45) is 3.84. The van der Waals surface area contributed by atoms with Crippen molar-refractivity contribution in [1.29, 1.82) is 0 Å². The zero-order chi connectivity index (χ0) is 20.6. The number of carbonyl (C=O) groups excluding carboxylic acids is 1. The Bertz CT molecular complexity index is 1030. The lowest BCUT2D eigenvalue weighted by atomic mass is 9.80. The molecule has 1 aromatic carbocycles. The quantitative estimate of drug-likeness (QED) is 0.718. The van der Waals surface area contributed by atoms with Gasteiger partial charge in [-0.2, -0.15) is 10.2 Å². The van der Waals surface area contributed by atoms with Crippen LogP contribution in [0.15, 0.2) is 36.5 Å². The number of piperidine rings is 1. The van der Waals surface area contributed by atoms with Gasteiger partial charge in [0.25, 0.3) is 5.91 Å². The maximum Gasteiger partial charge on any atom is 0.275 e. The number of fused-ring (bicyclic) bond motifs is 1. The molecule has 1 spiro atoms. The summed E-state index contributed by atoms with van der Waals surface area (Å²) in [4.78, 5) is 17.9. The third-order valence-corrected chi connectivity index (χ3v) is 6.38. The lowest BCUT2D eigenvalue weighted by Gasteiger charge is -2.43. The van der Waals surface area contributed by atoms with E-state index in [4.69, 9.17) is 4.74 Å². The summed E-state index contributed by atoms with van der Waals surface area (Å²) in [6, 6.07) is 9.94. The standard InChI is InChI=1S/C22H28N6O2/c1-26-19-6-3-2-5-18(19)20(25-26)21(29)28-10-4-8-22(15-28)14-27(11-12-30-16-22)13-17-7-9-23-24-17/h2-3,5-7,9H,4,8,10-16H2,1H3,(H,23,24)/t22-/m1/s1. The van der Waals surface area contributed by atoms with E-state index in [2.05, 4.69) is 20.2 Å². The van der Waals surface area contributed by atoms with Gasteiger partial charge in [0.05, 0.1) is 18.7 Å². The molecule has 1 N–H and O–H groups in total. The van der Waals surface area contributed by atoms with Gasteiger partial charge in [0.2, 0.25) is 0 Å². The molecule has 1 amide bonds. The van der Waals surface area contributed by atoms with E-state index in [1.807, 2.05) is 42.3 Å². The van der Waals surface area contributed by atoms with Crippen molar-refractivity contribution in [1.82, 2.24) is 29.8 Å². The van der Waals surface area contributed by atoms with Gasteiger partial charge in [0.15, 0.2) is 5.69 Å². The average Bonchev–Trinajstić information content (AvgIpc) is 3.34. The summed E-state index contributed by atoms with van der Waals surface area (Å²) >= 11 is 0. The molecule has 0 bridgehead atoms. The number of aromatic amines is 1. The van der Waals surface area contributed by atoms with Gasteiger partial charge in [-0.1, -0.05) is 18.2 Å². The molecule has 158 valence electrons. The maximum absolute atomic E-state index is 13.5.